The third-order valence-electron chi connectivity index (χ3n) is 4.84. The number of hydrogen-bond donors (Lipinski definition) is 1. The van der Waals surface area contributed by atoms with Crippen LogP contribution < -0.4 is 5.32 Å². The number of fused-ring (bicyclic) bond motifs is 1. The highest BCUT2D eigenvalue weighted by Gasteiger charge is 2.20. The van der Waals surface area contributed by atoms with Crippen molar-refractivity contribution < 1.29 is 6.22 Å². The van der Waals surface area contributed by atoms with E-state index in [2.05, 4.69) is 51.9 Å². The molecule has 0 saturated heterocycles. The molecule has 1 aromatic rings. The van der Waals surface area contributed by atoms with Crippen LogP contribution in [-0.2, 0) is 6.42 Å². The maximum absolute atomic E-state index is 12.0. The van der Waals surface area contributed by atoms with Crippen LogP contribution in [0.4, 0.5) is 0 Å². The number of allylic oxidation sites excluding steroid dienone is 2. The van der Waals surface area contributed by atoms with Crippen molar-refractivity contribution in [3.05, 3.63) is 40.5 Å². The van der Waals surface area contributed by atoms with Crippen LogP contribution >= 0.6 is 0 Å². The van der Waals surface area contributed by atoms with E-state index in [0.29, 0.717) is 5.92 Å². The van der Waals surface area contributed by atoms with Crippen molar-refractivity contribution in [3.8, 4) is 12.3 Å². The molecule has 1 aliphatic rings. The van der Waals surface area contributed by atoms with Crippen molar-refractivity contribution >= 4 is 11.5 Å². The number of carbonyl (C=O) groups is 1. The van der Waals surface area contributed by atoms with Crippen LogP contribution in [0.1, 0.15) is 83.2 Å². The third-order valence-corrected chi connectivity index (χ3v) is 4.84. The molecule has 0 bridgehead atoms. The summed E-state index contributed by atoms with van der Waals surface area (Å²) in [5, 5.41) is 2.94. The second kappa shape index (κ2) is 10.8. The zero-order valence-electron chi connectivity index (χ0n) is 16.5. The highest BCUT2D eigenvalue weighted by molar-refractivity contribution is 5.95. The SMILES string of the molecule is C#CCCCC.CCCNC(=O)c1ccc2c(c1)C(C)=C(C)C(C)C2.[HH]. The Balaban J connectivity index is 0.000000777. The molecule has 1 unspecified atom stereocenters. The summed E-state index contributed by atoms with van der Waals surface area (Å²) in [6.07, 6.45) is 10.3. The molecule has 25 heavy (non-hydrogen) atoms. The van der Waals surface area contributed by atoms with Gasteiger partial charge in [-0.05, 0) is 67.9 Å². The first-order valence-electron chi connectivity index (χ1n) is 9.48. The lowest BCUT2D eigenvalue weighted by atomic mass is 9.80. The van der Waals surface area contributed by atoms with Gasteiger partial charge in [0.15, 0.2) is 0 Å². The van der Waals surface area contributed by atoms with Crippen molar-refractivity contribution in [2.75, 3.05) is 6.54 Å². The Hall–Kier alpha value is -2.01. The lowest BCUT2D eigenvalue weighted by molar-refractivity contribution is 0.0953. The molecule has 0 radical (unpaired) electrons. The number of nitrogens with one attached hydrogen (secondary N) is 1. The van der Waals surface area contributed by atoms with Crippen LogP contribution in [0.15, 0.2) is 23.8 Å². The summed E-state index contributed by atoms with van der Waals surface area (Å²) < 4.78 is 0. The fourth-order valence-corrected chi connectivity index (χ4v) is 2.93. The zero-order chi connectivity index (χ0) is 18.8. The molecule has 2 nitrogen and oxygen atoms in total. The van der Waals surface area contributed by atoms with Crippen LogP contribution in [0.3, 0.4) is 0 Å². The Kier molecular flexibility index (Phi) is 9.06. The molecule has 0 heterocycles. The fraction of sp³-hybridized carbons (Fsp3) is 0.522. The van der Waals surface area contributed by atoms with Crippen molar-refractivity contribution in [2.24, 2.45) is 5.92 Å². The molecule has 0 aliphatic heterocycles. The first-order chi connectivity index (χ1) is 12.0. The molecule has 1 aromatic carbocycles. The summed E-state index contributed by atoms with van der Waals surface area (Å²) >= 11 is 0. The monoisotopic (exact) mass is 341 g/mol. The van der Waals surface area contributed by atoms with Gasteiger partial charge in [0, 0.05) is 20.0 Å². The van der Waals surface area contributed by atoms with E-state index in [0.717, 1.165) is 31.4 Å². The molecule has 2 heteroatoms. The van der Waals surface area contributed by atoms with Gasteiger partial charge in [-0.25, -0.2) is 0 Å². The first-order valence-corrected chi connectivity index (χ1v) is 9.48. The number of amides is 1. The topological polar surface area (TPSA) is 29.1 Å². The minimum absolute atomic E-state index is 0. The second-order valence-electron chi connectivity index (χ2n) is 6.85. The van der Waals surface area contributed by atoms with Crippen LogP contribution in [0, 0.1) is 18.3 Å². The predicted octanol–water partition coefficient (Wildman–Crippen LogP) is 5.87. The van der Waals surface area contributed by atoms with Crippen molar-refractivity contribution in [2.45, 2.75) is 66.7 Å². The normalized spacial score (nSPS) is 15.6. The van der Waals surface area contributed by atoms with Crippen LogP contribution in [-0.4, -0.2) is 12.5 Å². The number of unbranched alkanes of at least 4 members (excludes halogenated alkanes) is 2. The van der Waals surface area contributed by atoms with Crippen LogP contribution in [0.25, 0.3) is 5.57 Å². The molecule has 0 aromatic heterocycles. The van der Waals surface area contributed by atoms with E-state index >= 15 is 0 Å². The van der Waals surface area contributed by atoms with Gasteiger partial charge in [-0.1, -0.05) is 38.8 Å². The second-order valence-corrected chi connectivity index (χ2v) is 6.85. The lowest BCUT2D eigenvalue weighted by Crippen LogP contribution is -2.24. The van der Waals surface area contributed by atoms with Crippen molar-refractivity contribution in [1.82, 2.24) is 5.32 Å². The highest BCUT2D eigenvalue weighted by atomic mass is 16.1. The van der Waals surface area contributed by atoms with E-state index in [4.69, 9.17) is 6.42 Å². The maximum Gasteiger partial charge on any atom is 0.251 e. The Morgan fingerprint density at radius 1 is 1.32 bits per heavy atom. The lowest BCUT2D eigenvalue weighted by Gasteiger charge is -2.25. The molecule has 0 saturated carbocycles. The molecule has 2 rings (SSSR count). The van der Waals surface area contributed by atoms with E-state index in [-0.39, 0.29) is 7.33 Å². The first kappa shape index (κ1) is 21.0. The highest BCUT2D eigenvalue weighted by Crippen LogP contribution is 2.34. The standard InChI is InChI=1S/C17H23NO.C6H10.H2/c1-5-8-18-17(19)15-7-6-14-9-11(2)12(3)13(4)16(14)10-15;1-3-5-6-4-2;/h6-7,10-11H,5,8-9H2,1-4H3,(H,18,19);1H,4-6H2,2H3;1H. The average molecular weight is 342 g/mol. The molecule has 1 aliphatic carbocycles. The minimum Gasteiger partial charge on any atom is -0.352 e. The molecular formula is C23H35NO. The van der Waals surface area contributed by atoms with Crippen molar-refractivity contribution in [3.63, 3.8) is 0 Å². The summed E-state index contributed by atoms with van der Waals surface area (Å²) in [5.41, 5.74) is 6.16. The molecule has 1 N–H and O–H groups in total. The van der Waals surface area contributed by atoms with Gasteiger partial charge in [-0.3, -0.25) is 4.79 Å². The molecule has 1 atom stereocenters. The molecule has 0 fully saturated rings. The van der Waals surface area contributed by atoms with Crippen LogP contribution in [0.2, 0.25) is 0 Å². The Bertz CT molecular complexity index is 655. The van der Waals surface area contributed by atoms with E-state index in [1.54, 1.807) is 0 Å². The molecule has 0 spiro atoms. The number of rotatable bonds is 5. The molecular weight excluding hydrogens is 306 g/mol. The van der Waals surface area contributed by atoms with Gasteiger partial charge >= 0.3 is 0 Å². The van der Waals surface area contributed by atoms with Crippen molar-refractivity contribution in [1.29, 1.82) is 0 Å². The fourth-order valence-electron chi connectivity index (χ4n) is 2.93. The van der Waals surface area contributed by atoms with Crippen LogP contribution in [0.5, 0.6) is 0 Å². The quantitative estimate of drug-likeness (QED) is 0.527. The Labute approximate surface area is 155 Å². The van der Waals surface area contributed by atoms with Gasteiger partial charge in [-0.15, -0.1) is 12.3 Å². The summed E-state index contributed by atoms with van der Waals surface area (Å²) in [7, 11) is 0. The van der Waals surface area contributed by atoms with Gasteiger partial charge in [-0.2, -0.15) is 0 Å². The number of benzene rings is 1. The van der Waals surface area contributed by atoms with E-state index in [1.165, 1.54) is 35.1 Å². The minimum atomic E-state index is 0. The summed E-state index contributed by atoms with van der Waals surface area (Å²) in [6.45, 7) is 11.6. The number of carbonyl (C=O) groups excluding carboxylic acids is 1. The summed E-state index contributed by atoms with van der Waals surface area (Å²) in [5.74, 6) is 3.21. The van der Waals surface area contributed by atoms with Gasteiger partial charge in [0.2, 0.25) is 0 Å². The van der Waals surface area contributed by atoms with E-state index in [9.17, 15) is 4.79 Å². The Morgan fingerprint density at radius 3 is 2.60 bits per heavy atom. The van der Waals surface area contributed by atoms with E-state index in [1.807, 2.05) is 12.1 Å². The van der Waals surface area contributed by atoms with E-state index < -0.39 is 0 Å². The predicted molar refractivity (Wildman–Crippen MR) is 111 cm³/mol. The number of hydrogen-bond acceptors (Lipinski definition) is 1. The molecule has 138 valence electrons. The van der Waals surface area contributed by atoms with Gasteiger partial charge < -0.3 is 5.32 Å². The largest absolute Gasteiger partial charge is 0.352 e. The van der Waals surface area contributed by atoms with Gasteiger partial charge in [0.05, 0.1) is 0 Å². The Morgan fingerprint density at radius 2 is 2.04 bits per heavy atom. The molecule has 1 amide bonds. The van der Waals surface area contributed by atoms with Gasteiger partial charge in [0.25, 0.3) is 5.91 Å². The maximum atomic E-state index is 12.0. The summed E-state index contributed by atoms with van der Waals surface area (Å²) in [4.78, 5) is 12.0. The average Bonchev–Trinajstić information content (AvgIpc) is 2.62. The third kappa shape index (κ3) is 6.09. The van der Waals surface area contributed by atoms with Gasteiger partial charge in [0.1, 0.15) is 0 Å². The number of terminal acetylenes is 1. The zero-order valence-corrected chi connectivity index (χ0v) is 16.5. The smallest absolute Gasteiger partial charge is 0.251 e. The summed E-state index contributed by atoms with van der Waals surface area (Å²) in [6, 6.07) is 6.11.